The number of hydrogen-bond acceptors (Lipinski definition) is 3. The zero-order valence-electron chi connectivity index (χ0n) is 11.7. The minimum absolute atomic E-state index is 0.00135. The summed E-state index contributed by atoms with van der Waals surface area (Å²) in [5, 5.41) is 0. The van der Waals surface area contributed by atoms with Crippen molar-refractivity contribution in [1.82, 2.24) is 0 Å². The predicted molar refractivity (Wildman–Crippen MR) is 74.9 cm³/mol. The fraction of sp³-hybridized carbons (Fsp3) is 0.867. The van der Waals surface area contributed by atoms with Crippen molar-refractivity contribution < 1.29 is 14.3 Å². The molecule has 7 unspecified atom stereocenters. The van der Waals surface area contributed by atoms with Crippen molar-refractivity contribution in [3.05, 3.63) is 0 Å². The smallest absolute Gasteiger partial charge is 0.309 e. The number of fused-ring (bicyclic) bond motifs is 3. The molecule has 3 fully saturated rings. The normalized spacial score (nSPS) is 53.5. The van der Waals surface area contributed by atoms with Crippen molar-refractivity contribution in [2.75, 3.05) is 0 Å². The second kappa shape index (κ2) is 4.31. The molecule has 0 bridgehead atoms. The van der Waals surface area contributed by atoms with E-state index in [1.54, 1.807) is 0 Å². The van der Waals surface area contributed by atoms with E-state index in [1.165, 1.54) is 0 Å². The van der Waals surface area contributed by atoms with Crippen LogP contribution in [0.25, 0.3) is 0 Å². The lowest BCUT2D eigenvalue weighted by Gasteiger charge is -2.52. The van der Waals surface area contributed by atoms with Crippen LogP contribution in [0.5, 0.6) is 0 Å². The molecular weight excluding hydrogens is 308 g/mol. The topological polar surface area (TPSA) is 43.4 Å². The largest absolute Gasteiger partial charge is 0.461 e. The molecule has 0 aromatic rings. The summed E-state index contributed by atoms with van der Waals surface area (Å²) in [7, 11) is 0. The molecule has 2 aliphatic carbocycles. The first-order chi connectivity index (χ1) is 8.85. The summed E-state index contributed by atoms with van der Waals surface area (Å²) in [6, 6.07) is 0. The van der Waals surface area contributed by atoms with Gasteiger partial charge in [-0.1, -0.05) is 36.7 Å². The summed E-state index contributed by atoms with van der Waals surface area (Å²) in [6.07, 6.45) is 2.97. The maximum atomic E-state index is 12.3. The maximum Gasteiger partial charge on any atom is 0.309 e. The molecule has 1 heterocycles. The van der Waals surface area contributed by atoms with E-state index in [2.05, 4.69) is 22.9 Å². The van der Waals surface area contributed by atoms with Gasteiger partial charge in [-0.15, -0.1) is 0 Å². The van der Waals surface area contributed by atoms with Gasteiger partial charge in [0.05, 0.1) is 10.7 Å². The monoisotopic (exact) mass is 328 g/mol. The molecule has 106 valence electrons. The Bertz CT molecular complexity index is 435. The Labute approximate surface area is 122 Å². The zero-order chi connectivity index (χ0) is 13.9. The fourth-order valence-corrected chi connectivity index (χ4v) is 5.86. The van der Waals surface area contributed by atoms with Crippen molar-refractivity contribution >= 4 is 27.7 Å². The maximum absolute atomic E-state index is 12.3. The van der Waals surface area contributed by atoms with Crippen LogP contribution in [0.2, 0.25) is 0 Å². The summed E-state index contributed by atoms with van der Waals surface area (Å²) < 4.78 is 5.66. The third kappa shape index (κ3) is 1.82. The van der Waals surface area contributed by atoms with Gasteiger partial charge in [0.1, 0.15) is 11.9 Å². The van der Waals surface area contributed by atoms with Gasteiger partial charge in [0.2, 0.25) is 0 Å². The third-order valence-corrected chi connectivity index (χ3v) is 6.61. The van der Waals surface area contributed by atoms with Crippen molar-refractivity contribution in [3.8, 4) is 0 Å². The number of halogens is 1. The van der Waals surface area contributed by atoms with Crippen LogP contribution in [0.15, 0.2) is 0 Å². The van der Waals surface area contributed by atoms with Gasteiger partial charge < -0.3 is 4.74 Å². The van der Waals surface area contributed by atoms with Gasteiger partial charge in [-0.05, 0) is 24.7 Å². The lowest BCUT2D eigenvalue weighted by molar-refractivity contribution is -0.157. The summed E-state index contributed by atoms with van der Waals surface area (Å²) in [6.45, 7) is 6.25. The molecule has 4 heteroatoms. The molecule has 0 aromatic carbocycles. The van der Waals surface area contributed by atoms with Crippen LogP contribution in [0.4, 0.5) is 0 Å². The Morgan fingerprint density at radius 3 is 2.63 bits per heavy atom. The molecule has 0 aromatic heterocycles. The van der Waals surface area contributed by atoms with E-state index in [1.807, 2.05) is 13.8 Å². The van der Waals surface area contributed by atoms with Crippen molar-refractivity contribution in [2.45, 2.75) is 51.0 Å². The first-order valence-corrected chi connectivity index (χ1v) is 8.15. The van der Waals surface area contributed by atoms with Gasteiger partial charge in [-0.3, -0.25) is 9.59 Å². The predicted octanol–water partition coefficient (Wildman–Crippen LogP) is 2.95. The highest BCUT2D eigenvalue weighted by molar-refractivity contribution is 9.10. The second-order valence-corrected chi connectivity index (χ2v) is 8.04. The van der Waals surface area contributed by atoms with Crippen molar-refractivity contribution in [1.29, 1.82) is 0 Å². The Morgan fingerprint density at radius 2 is 1.95 bits per heavy atom. The SMILES string of the molecule is CC1C(=O)OC2C1CCC1(C)CC(Br)C(=O)C(C)C21. The van der Waals surface area contributed by atoms with Crippen LogP contribution in [-0.4, -0.2) is 22.7 Å². The number of ketones is 1. The molecule has 1 aliphatic heterocycles. The van der Waals surface area contributed by atoms with E-state index in [-0.39, 0.29) is 45.9 Å². The van der Waals surface area contributed by atoms with Gasteiger partial charge in [-0.2, -0.15) is 0 Å². The number of rotatable bonds is 0. The number of alkyl halides is 1. The van der Waals surface area contributed by atoms with Crippen LogP contribution in [0, 0.1) is 29.1 Å². The fourth-order valence-electron chi connectivity index (χ4n) is 4.70. The van der Waals surface area contributed by atoms with Crippen LogP contribution >= 0.6 is 15.9 Å². The van der Waals surface area contributed by atoms with Gasteiger partial charge in [-0.25, -0.2) is 0 Å². The average molecular weight is 329 g/mol. The quantitative estimate of drug-likeness (QED) is 0.507. The third-order valence-electron chi connectivity index (χ3n) is 5.84. The van der Waals surface area contributed by atoms with E-state index >= 15 is 0 Å². The highest BCUT2D eigenvalue weighted by Gasteiger charge is 2.59. The molecular formula is C15H21BrO3. The molecule has 0 spiro atoms. The molecule has 3 nitrogen and oxygen atoms in total. The summed E-state index contributed by atoms with van der Waals surface area (Å²) >= 11 is 3.53. The van der Waals surface area contributed by atoms with Crippen LogP contribution in [0.1, 0.15) is 40.0 Å². The van der Waals surface area contributed by atoms with E-state index in [9.17, 15) is 9.59 Å². The molecule has 19 heavy (non-hydrogen) atoms. The minimum Gasteiger partial charge on any atom is -0.461 e. The van der Waals surface area contributed by atoms with E-state index in [0.717, 1.165) is 19.3 Å². The Hall–Kier alpha value is -0.380. The summed E-state index contributed by atoms with van der Waals surface area (Å²) in [5.74, 6) is 0.695. The van der Waals surface area contributed by atoms with Crippen molar-refractivity contribution in [3.63, 3.8) is 0 Å². The summed E-state index contributed by atoms with van der Waals surface area (Å²) in [4.78, 5) is 24.1. The van der Waals surface area contributed by atoms with Crippen LogP contribution in [0.3, 0.4) is 0 Å². The highest BCUT2D eigenvalue weighted by atomic mass is 79.9. The van der Waals surface area contributed by atoms with E-state index in [4.69, 9.17) is 4.74 Å². The average Bonchev–Trinajstić information content (AvgIpc) is 2.61. The highest BCUT2D eigenvalue weighted by Crippen LogP contribution is 2.57. The van der Waals surface area contributed by atoms with E-state index < -0.39 is 0 Å². The Balaban J connectivity index is 1.96. The summed E-state index contributed by atoms with van der Waals surface area (Å²) in [5.41, 5.74) is 0.118. The van der Waals surface area contributed by atoms with Crippen molar-refractivity contribution in [2.24, 2.45) is 29.1 Å². The molecule has 1 saturated heterocycles. The lowest BCUT2D eigenvalue weighted by Crippen LogP contribution is -2.55. The van der Waals surface area contributed by atoms with Crippen LogP contribution in [-0.2, 0) is 14.3 Å². The molecule has 2 saturated carbocycles. The number of esters is 1. The Kier molecular flexibility index (Phi) is 3.08. The zero-order valence-corrected chi connectivity index (χ0v) is 13.3. The molecule has 0 N–H and O–H groups in total. The molecule has 3 rings (SSSR count). The first-order valence-electron chi connectivity index (χ1n) is 7.23. The molecule has 7 atom stereocenters. The number of ether oxygens (including phenoxy) is 1. The Morgan fingerprint density at radius 1 is 1.26 bits per heavy atom. The number of hydrogen-bond donors (Lipinski definition) is 0. The second-order valence-electron chi connectivity index (χ2n) is 6.94. The number of Topliss-reactive ketones (excluding diaryl/α,β-unsaturated/α-hetero) is 1. The van der Waals surface area contributed by atoms with Crippen LogP contribution < -0.4 is 0 Å². The van der Waals surface area contributed by atoms with Gasteiger partial charge in [0, 0.05) is 17.8 Å². The minimum atomic E-state index is -0.0696. The molecule has 3 aliphatic rings. The standard InChI is InChI=1S/C15H21BrO3/c1-7-9-4-5-15(3)6-10(16)12(17)8(2)11(15)13(9)19-14(7)18/h7-11,13H,4-6H2,1-3H3. The van der Waals surface area contributed by atoms with E-state index in [0.29, 0.717) is 5.92 Å². The van der Waals surface area contributed by atoms with Gasteiger partial charge in [0.15, 0.2) is 0 Å². The molecule has 0 radical (unpaired) electrons. The first kappa shape index (κ1) is 13.6. The number of carbonyl (C=O) groups excluding carboxylic acids is 2. The molecule has 0 amide bonds. The van der Waals surface area contributed by atoms with Gasteiger partial charge >= 0.3 is 5.97 Å². The number of carbonyl (C=O) groups is 2. The van der Waals surface area contributed by atoms with Gasteiger partial charge in [0.25, 0.3) is 0 Å². The lowest BCUT2D eigenvalue weighted by atomic mass is 9.53.